The molecule has 1 atom stereocenters. The highest BCUT2D eigenvalue weighted by Gasteiger charge is 2.18. The van der Waals surface area contributed by atoms with Crippen molar-refractivity contribution in [3.8, 4) is 0 Å². The molecule has 0 spiro atoms. The maximum absolute atomic E-state index is 8.78. The Labute approximate surface area is 109 Å². The maximum Gasteiger partial charge on any atom is 0.0828 e. The maximum atomic E-state index is 8.78. The molecule has 18 heavy (non-hydrogen) atoms. The minimum Gasteiger partial charge on any atom is -0.396 e. The zero-order chi connectivity index (χ0) is 12.8. The summed E-state index contributed by atoms with van der Waals surface area (Å²) in [5.74, 6) is 0. The van der Waals surface area contributed by atoms with E-state index in [0.717, 1.165) is 31.5 Å². The van der Waals surface area contributed by atoms with Gasteiger partial charge in [0.2, 0.25) is 0 Å². The number of aliphatic hydroxyl groups excluding tert-OH is 1. The van der Waals surface area contributed by atoms with E-state index in [-0.39, 0.29) is 6.61 Å². The van der Waals surface area contributed by atoms with Crippen LogP contribution in [0.1, 0.15) is 37.8 Å². The van der Waals surface area contributed by atoms with Crippen molar-refractivity contribution in [1.29, 1.82) is 0 Å². The molecule has 2 heterocycles. The van der Waals surface area contributed by atoms with Gasteiger partial charge < -0.3 is 10.0 Å². The van der Waals surface area contributed by atoms with E-state index in [1.54, 1.807) is 0 Å². The summed E-state index contributed by atoms with van der Waals surface area (Å²) >= 11 is 0. The number of nitrogens with zero attached hydrogens (tertiary/aromatic N) is 4. The van der Waals surface area contributed by atoms with Crippen molar-refractivity contribution in [3.63, 3.8) is 0 Å². The molecule has 1 aliphatic heterocycles. The Kier molecular flexibility index (Phi) is 5.13. The molecule has 5 nitrogen and oxygen atoms in total. The molecule has 1 unspecified atom stereocenters. The summed E-state index contributed by atoms with van der Waals surface area (Å²) in [6, 6.07) is 0.698. The zero-order valence-electron chi connectivity index (χ0n) is 11.3. The van der Waals surface area contributed by atoms with Gasteiger partial charge in [-0.25, -0.2) is 0 Å². The van der Waals surface area contributed by atoms with Gasteiger partial charge in [-0.1, -0.05) is 11.6 Å². The molecule has 1 aromatic rings. The van der Waals surface area contributed by atoms with Gasteiger partial charge in [-0.05, 0) is 45.7 Å². The van der Waals surface area contributed by atoms with Gasteiger partial charge in [0.25, 0.3) is 0 Å². The van der Waals surface area contributed by atoms with Crippen LogP contribution in [-0.4, -0.2) is 51.2 Å². The molecule has 0 aromatic carbocycles. The van der Waals surface area contributed by atoms with E-state index in [1.165, 1.54) is 25.8 Å². The predicted molar refractivity (Wildman–Crippen MR) is 70.3 cm³/mol. The number of aryl methyl sites for hydroxylation is 2. The van der Waals surface area contributed by atoms with Gasteiger partial charge in [0.15, 0.2) is 0 Å². The third kappa shape index (κ3) is 3.78. The zero-order valence-corrected chi connectivity index (χ0v) is 11.3. The average Bonchev–Trinajstić information content (AvgIpc) is 2.83. The van der Waals surface area contributed by atoms with E-state index in [0.29, 0.717) is 6.04 Å². The lowest BCUT2D eigenvalue weighted by Gasteiger charge is -2.32. The molecule has 0 amide bonds. The number of hydrogen-bond donors (Lipinski definition) is 1. The summed E-state index contributed by atoms with van der Waals surface area (Å²) in [7, 11) is 2.22. The lowest BCUT2D eigenvalue weighted by molar-refractivity contribution is 0.169. The molecule has 5 heteroatoms. The van der Waals surface area contributed by atoms with Crippen molar-refractivity contribution in [2.75, 3.05) is 20.2 Å². The molecule has 0 bridgehead atoms. The highest BCUT2D eigenvalue weighted by molar-refractivity contribution is 4.92. The van der Waals surface area contributed by atoms with Crippen molar-refractivity contribution < 1.29 is 5.11 Å². The minimum absolute atomic E-state index is 0.222. The van der Waals surface area contributed by atoms with Crippen LogP contribution in [0.15, 0.2) is 6.20 Å². The average molecular weight is 252 g/mol. The Balaban J connectivity index is 1.77. The third-order valence-corrected chi connectivity index (χ3v) is 3.79. The second-order valence-electron chi connectivity index (χ2n) is 5.22. The first-order valence-corrected chi connectivity index (χ1v) is 6.99. The minimum atomic E-state index is 0.222. The Hall–Kier alpha value is -0.940. The highest BCUT2D eigenvalue weighted by atomic mass is 16.2. The quantitative estimate of drug-likeness (QED) is 0.823. The van der Waals surface area contributed by atoms with Crippen molar-refractivity contribution >= 4 is 0 Å². The fourth-order valence-electron chi connectivity index (χ4n) is 2.61. The molecule has 1 aliphatic rings. The Morgan fingerprint density at radius 2 is 2.33 bits per heavy atom. The highest BCUT2D eigenvalue weighted by Crippen LogP contribution is 2.18. The predicted octanol–water partition coefficient (Wildman–Crippen LogP) is 1.08. The van der Waals surface area contributed by atoms with Crippen LogP contribution in [-0.2, 0) is 13.0 Å². The molecule has 0 saturated carbocycles. The van der Waals surface area contributed by atoms with Crippen molar-refractivity contribution in [2.45, 2.75) is 51.1 Å². The fourth-order valence-corrected chi connectivity index (χ4v) is 2.61. The summed E-state index contributed by atoms with van der Waals surface area (Å²) in [5, 5.41) is 17.0. The Morgan fingerprint density at radius 3 is 3.11 bits per heavy atom. The number of hydrogen-bond acceptors (Lipinski definition) is 4. The number of aromatic nitrogens is 3. The Bertz CT molecular complexity index is 353. The second kappa shape index (κ2) is 6.85. The van der Waals surface area contributed by atoms with E-state index in [9.17, 15) is 0 Å². The van der Waals surface area contributed by atoms with Gasteiger partial charge in [-0.2, -0.15) is 0 Å². The molecular formula is C13H24N4O. The first-order valence-electron chi connectivity index (χ1n) is 6.99. The number of likely N-dealkylation sites (tertiary alicyclic amines) is 1. The largest absolute Gasteiger partial charge is 0.396 e. The summed E-state index contributed by atoms with van der Waals surface area (Å²) in [4.78, 5) is 2.47. The molecule has 1 aromatic heterocycles. The first kappa shape index (κ1) is 13.5. The summed E-state index contributed by atoms with van der Waals surface area (Å²) in [6.45, 7) is 2.39. The van der Waals surface area contributed by atoms with Crippen LogP contribution in [0.5, 0.6) is 0 Å². The van der Waals surface area contributed by atoms with Gasteiger partial charge in [0.1, 0.15) is 0 Å². The van der Waals surface area contributed by atoms with Crippen molar-refractivity contribution in [2.24, 2.45) is 0 Å². The van der Waals surface area contributed by atoms with Gasteiger partial charge in [0.05, 0.1) is 5.69 Å². The van der Waals surface area contributed by atoms with Crippen molar-refractivity contribution in [3.05, 3.63) is 11.9 Å². The lowest BCUT2D eigenvalue weighted by atomic mass is 10.0. The molecular weight excluding hydrogens is 228 g/mol. The van der Waals surface area contributed by atoms with E-state index >= 15 is 0 Å². The first-order chi connectivity index (χ1) is 8.79. The molecule has 0 radical (unpaired) electrons. The third-order valence-electron chi connectivity index (χ3n) is 3.79. The standard InChI is InChI=1S/C13H24N4O/c1-16-8-3-2-6-13(16)7-9-17-11-12(14-15-17)5-4-10-18/h11,13,18H,2-10H2,1H3. The summed E-state index contributed by atoms with van der Waals surface area (Å²) in [5.41, 5.74) is 0.987. The molecule has 102 valence electrons. The summed E-state index contributed by atoms with van der Waals surface area (Å²) in [6.07, 6.45) is 8.75. The van der Waals surface area contributed by atoms with E-state index in [2.05, 4.69) is 22.3 Å². The molecule has 1 saturated heterocycles. The van der Waals surface area contributed by atoms with E-state index < -0.39 is 0 Å². The van der Waals surface area contributed by atoms with Gasteiger partial charge in [-0.15, -0.1) is 5.10 Å². The van der Waals surface area contributed by atoms with Crippen LogP contribution in [0.3, 0.4) is 0 Å². The van der Waals surface area contributed by atoms with Crippen LogP contribution in [0.25, 0.3) is 0 Å². The topological polar surface area (TPSA) is 54.2 Å². The number of rotatable bonds is 6. The summed E-state index contributed by atoms with van der Waals surface area (Å²) < 4.78 is 1.94. The monoisotopic (exact) mass is 252 g/mol. The van der Waals surface area contributed by atoms with Crippen LogP contribution in [0.4, 0.5) is 0 Å². The van der Waals surface area contributed by atoms with E-state index in [1.807, 2.05) is 10.9 Å². The normalized spacial score (nSPS) is 21.3. The lowest BCUT2D eigenvalue weighted by Crippen LogP contribution is -2.36. The SMILES string of the molecule is CN1CCCCC1CCn1cc(CCCO)nn1. The van der Waals surface area contributed by atoms with Crippen molar-refractivity contribution in [1.82, 2.24) is 19.9 Å². The number of aliphatic hydroxyl groups is 1. The van der Waals surface area contributed by atoms with Crippen LogP contribution in [0, 0.1) is 0 Å². The van der Waals surface area contributed by atoms with Gasteiger partial charge in [0, 0.05) is 25.4 Å². The molecule has 1 N–H and O–H groups in total. The van der Waals surface area contributed by atoms with Crippen LogP contribution >= 0.6 is 0 Å². The van der Waals surface area contributed by atoms with E-state index in [4.69, 9.17) is 5.11 Å². The Morgan fingerprint density at radius 1 is 1.44 bits per heavy atom. The second-order valence-corrected chi connectivity index (χ2v) is 5.22. The molecule has 2 rings (SSSR count). The smallest absolute Gasteiger partial charge is 0.0828 e. The van der Waals surface area contributed by atoms with Crippen LogP contribution in [0.2, 0.25) is 0 Å². The van der Waals surface area contributed by atoms with Gasteiger partial charge >= 0.3 is 0 Å². The van der Waals surface area contributed by atoms with Gasteiger partial charge in [-0.3, -0.25) is 4.68 Å². The van der Waals surface area contributed by atoms with Crippen LogP contribution < -0.4 is 0 Å². The number of piperidine rings is 1. The molecule has 0 aliphatic carbocycles. The fraction of sp³-hybridized carbons (Fsp3) is 0.846. The molecule has 1 fully saturated rings.